The van der Waals surface area contributed by atoms with Gasteiger partial charge in [0, 0.05) is 10.7 Å². The zero-order valence-corrected chi connectivity index (χ0v) is 13.1. The van der Waals surface area contributed by atoms with Crippen molar-refractivity contribution in [2.24, 2.45) is 0 Å². The molecule has 0 radical (unpaired) electrons. The summed E-state index contributed by atoms with van der Waals surface area (Å²) in [5.41, 5.74) is 1.37. The molecule has 0 spiro atoms. The molecule has 0 unspecified atom stereocenters. The summed E-state index contributed by atoms with van der Waals surface area (Å²) in [5, 5.41) is 15.1. The zero-order chi connectivity index (χ0) is 16.5. The highest BCUT2D eigenvalue weighted by Crippen LogP contribution is 2.15. The number of amides is 1. The van der Waals surface area contributed by atoms with Crippen LogP contribution in [0, 0.1) is 11.3 Å². The van der Waals surface area contributed by atoms with Gasteiger partial charge in [-0.2, -0.15) is 5.26 Å². The Bertz CT molecular complexity index is 678. The van der Waals surface area contributed by atoms with Gasteiger partial charge >= 0.3 is 0 Å². The maximum atomic E-state index is 11.7. The average Bonchev–Trinajstić information content (AvgIpc) is 2.59. The predicted molar refractivity (Wildman–Crippen MR) is 89.6 cm³/mol. The summed E-state index contributed by atoms with van der Waals surface area (Å²) in [6.07, 6.45) is 0. The second kappa shape index (κ2) is 8.66. The lowest BCUT2D eigenvalue weighted by Gasteiger charge is -2.09. The lowest BCUT2D eigenvalue weighted by Crippen LogP contribution is -2.32. The van der Waals surface area contributed by atoms with Gasteiger partial charge in [0.1, 0.15) is 12.4 Å². The Morgan fingerprint density at radius 2 is 1.83 bits per heavy atom. The third-order valence-corrected chi connectivity index (χ3v) is 3.23. The molecule has 2 aromatic carbocycles. The molecule has 0 atom stereocenters. The van der Waals surface area contributed by atoms with Crippen LogP contribution in [0.1, 0.15) is 5.56 Å². The Morgan fingerprint density at radius 3 is 2.48 bits per heavy atom. The van der Waals surface area contributed by atoms with E-state index in [4.69, 9.17) is 21.6 Å². The number of hydrogen-bond donors (Lipinski definition) is 2. The number of anilines is 1. The molecule has 1 amide bonds. The molecule has 2 rings (SSSR count). The highest BCUT2D eigenvalue weighted by atomic mass is 35.5. The summed E-state index contributed by atoms with van der Waals surface area (Å²) in [6.45, 7) is 0.952. The molecule has 0 bridgehead atoms. The van der Waals surface area contributed by atoms with Gasteiger partial charge in [-0.1, -0.05) is 11.6 Å². The van der Waals surface area contributed by atoms with Crippen LogP contribution in [0.25, 0.3) is 0 Å². The van der Waals surface area contributed by atoms with Crippen molar-refractivity contribution in [3.8, 4) is 11.8 Å². The number of carbonyl (C=O) groups excluding carboxylic acids is 1. The van der Waals surface area contributed by atoms with E-state index in [2.05, 4.69) is 10.6 Å². The Morgan fingerprint density at radius 1 is 1.13 bits per heavy atom. The predicted octanol–water partition coefficient (Wildman–Crippen LogP) is 2.82. The van der Waals surface area contributed by atoms with Crippen LogP contribution in [0.2, 0.25) is 5.02 Å². The summed E-state index contributed by atoms with van der Waals surface area (Å²) < 4.78 is 5.48. The van der Waals surface area contributed by atoms with E-state index in [9.17, 15) is 4.79 Å². The van der Waals surface area contributed by atoms with E-state index >= 15 is 0 Å². The zero-order valence-electron chi connectivity index (χ0n) is 12.4. The molecule has 118 valence electrons. The minimum atomic E-state index is -0.130. The number of nitrogens with zero attached hydrogens (tertiary/aromatic N) is 1. The van der Waals surface area contributed by atoms with Crippen LogP contribution in [0.4, 0.5) is 5.69 Å². The van der Waals surface area contributed by atoms with Crippen LogP contribution < -0.4 is 15.4 Å². The largest absolute Gasteiger partial charge is 0.492 e. The molecule has 0 heterocycles. The van der Waals surface area contributed by atoms with E-state index in [0.717, 1.165) is 5.69 Å². The lowest BCUT2D eigenvalue weighted by molar-refractivity contribution is -0.119. The Hall–Kier alpha value is -2.71. The summed E-state index contributed by atoms with van der Waals surface area (Å²) in [5.74, 6) is 0.577. The second-order valence-electron chi connectivity index (χ2n) is 4.70. The molecule has 5 nitrogen and oxygen atoms in total. The maximum Gasteiger partial charge on any atom is 0.239 e. The fourth-order valence-electron chi connectivity index (χ4n) is 1.80. The van der Waals surface area contributed by atoms with Crippen molar-refractivity contribution in [2.75, 3.05) is 25.0 Å². The first-order valence-corrected chi connectivity index (χ1v) is 7.44. The second-order valence-corrected chi connectivity index (χ2v) is 5.13. The minimum absolute atomic E-state index is 0.130. The van der Waals surface area contributed by atoms with Crippen LogP contribution in [-0.2, 0) is 4.79 Å². The number of rotatable bonds is 7. The van der Waals surface area contributed by atoms with E-state index in [0.29, 0.717) is 29.5 Å². The third-order valence-electron chi connectivity index (χ3n) is 2.97. The maximum absolute atomic E-state index is 11.7. The first-order chi connectivity index (χ1) is 11.2. The third kappa shape index (κ3) is 5.89. The van der Waals surface area contributed by atoms with Gasteiger partial charge in [-0.25, -0.2) is 0 Å². The van der Waals surface area contributed by atoms with E-state index in [1.165, 1.54) is 0 Å². The molecule has 0 aliphatic rings. The van der Waals surface area contributed by atoms with Gasteiger partial charge in [-0.15, -0.1) is 0 Å². The van der Waals surface area contributed by atoms with E-state index in [1.807, 2.05) is 6.07 Å². The van der Waals surface area contributed by atoms with Crippen molar-refractivity contribution in [1.82, 2.24) is 5.32 Å². The molecular formula is C17H16ClN3O2. The molecule has 6 heteroatoms. The number of nitriles is 1. The molecular weight excluding hydrogens is 314 g/mol. The minimum Gasteiger partial charge on any atom is -0.492 e. The molecule has 0 saturated heterocycles. The van der Waals surface area contributed by atoms with Gasteiger partial charge in [0.15, 0.2) is 0 Å². The number of carbonyl (C=O) groups is 1. The molecule has 0 fully saturated rings. The Balaban J connectivity index is 1.63. The molecule has 23 heavy (non-hydrogen) atoms. The van der Waals surface area contributed by atoms with Crippen molar-refractivity contribution in [2.45, 2.75) is 0 Å². The molecule has 0 aliphatic carbocycles. The van der Waals surface area contributed by atoms with Crippen molar-refractivity contribution in [3.05, 3.63) is 59.1 Å². The lowest BCUT2D eigenvalue weighted by atomic mass is 10.2. The molecule has 0 aliphatic heterocycles. The number of ether oxygens (including phenoxy) is 1. The summed E-state index contributed by atoms with van der Waals surface area (Å²) in [7, 11) is 0. The fourth-order valence-corrected chi connectivity index (χ4v) is 1.92. The summed E-state index contributed by atoms with van der Waals surface area (Å²) >= 11 is 5.78. The normalized spacial score (nSPS) is 9.74. The van der Waals surface area contributed by atoms with Crippen LogP contribution in [0.15, 0.2) is 48.5 Å². The molecule has 2 aromatic rings. The van der Waals surface area contributed by atoms with Gasteiger partial charge in [0.05, 0.1) is 24.7 Å². The SMILES string of the molecule is N#Cc1ccc(NCC(=O)NCCOc2ccc(Cl)cc2)cc1. The van der Waals surface area contributed by atoms with Crippen molar-refractivity contribution in [3.63, 3.8) is 0 Å². The Labute approximate surface area is 139 Å². The average molecular weight is 330 g/mol. The van der Waals surface area contributed by atoms with Gasteiger partial charge in [0.25, 0.3) is 0 Å². The molecule has 0 saturated carbocycles. The standard InChI is InChI=1S/C17H16ClN3O2/c18-14-3-7-16(8-4-14)23-10-9-20-17(22)12-21-15-5-1-13(11-19)2-6-15/h1-8,21H,9-10,12H2,(H,20,22). The first-order valence-electron chi connectivity index (χ1n) is 7.06. The topological polar surface area (TPSA) is 74.2 Å². The number of halogens is 1. The number of hydrogen-bond acceptors (Lipinski definition) is 4. The smallest absolute Gasteiger partial charge is 0.239 e. The van der Waals surface area contributed by atoms with Gasteiger partial charge in [-0.3, -0.25) is 4.79 Å². The van der Waals surface area contributed by atoms with Crippen molar-refractivity contribution >= 4 is 23.2 Å². The quantitative estimate of drug-likeness (QED) is 0.766. The highest BCUT2D eigenvalue weighted by Gasteiger charge is 2.01. The molecule has 2 N–H and O–H groups in total. The highest BCUT2D eigenvalue weighted by molar-refractivity contribution is 6.30. The van der Waals surface area contributed by atoms with Crippen LogP contribution in [-0.4, -0.2) is 25.6 Å². The van der Waals surface area contributed by atoms with Crippen LogP contribution in [0.5, 0.6) is 5.75 Å². The first kappa shape index (κ1) is 16.7. The fraction of sp³-hybridized carbons (Fsp3) is 0.176. The van der Waals surface area contributed by atoms with Gasteiger partial charge < -0.3 is 15.4 Å². The monoisotopic (exact) mass is 329 g/mol. The Kier molecular flexibility index (Phi) is 6.28. The van der Waals surface area contributed by atoms with Crippen LogP contribution >= 0.6 is 11.6 Å². The summed E-state index contributed by atoms with van der Waals surface area (Å²) in [6, 6.07) is 16.0. The number of nitrogens with one attached hydrogen (secondary N) is 2. The molecule has 0 aromatic heterocycles. The number of benzene rings is 2. The summed E-state index contributed by atoms with van der Waals surface area (Å²) in [4.78, 5) is 11.7. The van der Waals surface area contributed by atoms with E-state index in [-0.39, 0.29) is 12.5 Å². The van der Waals surface area contributed by atoms with Gasteiger partial charge in [-0.05, 0) is 48.5 Å². The van der Waals surface area contributed by atoms with Crippen molar-refractivity contribution < 1.29 is 9.53 Å². The van der Waals surface area contributed by atoms with Gasteiger partial charge in [0.2, 0.25) is 5.91 Å². The van der Waals surface area contributed by atoms with E-state index in [1.54, 1.807) is 48.5 Å². The van der Waals surface area contributed by atoms with E-state index < -0.39 is 0 Å². The van der Waals surface area contributed by atoms with Crippen LogP contribution in [0.3, 0.4) is 0 Å². The van der Waals surface area contributed by atoms with Crippen molar-refractivity contribution in [1.29, 1.82) is 5.26 Å².